The number of amides is 1. The molecule has 0 bridgehead atoms. The molecular formula is C20H22N4O4. The molecule has 0 spiro atoms. The molecule has 0 aliphatic heterocycles. The fourth-order valence-corrected chi connectivity index (χ4v) is 3.02. The highest BCUT2D eigenvalue weighted by molar-refractivity contribution is 5.94. The number of H-pyrrole nitrogens is 2. The Hall–Kier alpha value is -3.42. The molecule has 0 unspecified atom stereocenters. The van der Waals surface area contributed by atoms with E-state index in [-0.39, 0.29) is 29.8 Å². The van der Waals surface area contributed by atoms with Crippen LogP contribution in [0.1, 0.15) is 32.8 Å². The van der Waals surface area contributed by atoms with Crippen LogP contribution in [0.25, 0.3) is 10.9 Å². The smallest absolute Gasteiger partial charge is 0.326 e. The number of carbonyl (C=O) groups excluding carboxylic acids is 1. The third-order valence-corrected chi connectivity index (χ3v) is 4.41. The minimum atomic E-state index is -0.557. The van der Waals surface area contributed by atoms with Gasteiger partial charge in [-0.2, -0.15) is 0 Å². The van der Waals surface area contributed by atoms with E-state index in [0.717, 1.165) is 10.9 Å². The van der Waals surface area contributed by atoms with Crippen LogP contribution in [-0.2, 0) is 16.8 Å². The van der Waals surface area contributed by atoms with E-state index in [0.29, 0.717) is 11.2 Å². The van der Waals surface area contributed by atoms with Crippen molar-refractivity contribution in [1.82, 2.24) is 14.5 Å². The summed E-state index contributed by atoms with van der Waals surface area (Å²) in [5.74, 6) is -0.285. The maximum atomic E-state index is 12.2. The van der Waals surface area contributed by atoms with Crippen LogP contribution in [0, 0.1) is 0 Å². The molecule has 2 aromatic heterocycles. The maximum Gasteiger partial charge on any atom is 0.328 e. The molecule has 3 rings (SSSR count). The van der Waals surface area contributed by atoms with Gasteiger partial charge in [-0.25, -0.2) is 4.79 Å². The summed E-state index contributed by atoms with van der Waals surface area (Å²) >= 11 is 0. The first-order valence-corrected chi connectivity index (χ1v) is 8.91. The fourth-order valence-electron chi connectivity index (χ4n) is 3.02. The summed E-state index contributed by atoms with van der Waals surface area (Å²) in [7, 11) is 0. The van der Waals surface area contributed by atoms with Crippen molar-refractivity contribution in [3.8, 4) is 0 Å². The molecule has 1 amide bonds. The number of aromatic amines is 2. The van der Waals surface area contributed by atoms with Crippen LogP contribution in [0.5, 0.6) is 0 Å². The third-order valence-electron chi connectivity index (χ3n) is 4.41. The van der Waals surface area contributed by atoms with E-state index in [4.69, 9.17) is 0 Å². The molecule has 3 aromatic rings. The molecule has 0 radical (unpaired) electrons. The SMILES string of the molecule is CC(C)(C)c1cc(=O)[nH]c2cc(NC(=O)CCn3ccc(=O)[nH]c3=O)ccc12. The van der Waals surface area contributed by atoms with E-state index >= 15 is 0 Å². The number of anilines is 1. The van der Waals surface area contributed by atoms with Gasteiger partial charge in [0, 0.05) is 42.4 Å². The maximum absolute atomic E-state index is 12.2. The van der Waals surface area contributed by atoms with Crippen LogP contribution in [0.15, 0.2) is 50.9 Å². The Morgan fingerprint density at radius 1 is 1.04 bits per heavy atom. The molecule has 0 saturated heterocycles. The van der Waals surface area contributed by atoms with Crippen molar-refractivity contribution in [3.05, 3.63) is 73.3 Å². The first kappa shape index (κ1) is 19.3. The van der Waals surface area contributed by atoms with E-state index in [2.05, 4.69) is 15.3 Å². The van der Waals surface area contributed by atoms with E-state index in [9.17, 15) is 19.2 Å². The van der Waals surface area contributed by atoms with Crippen LogP contribution in [0.2, 0.25) is 0 Å². The van der Waals surface area contributed by atoms with Gasteiger partial charge in [-0.1, -0.05) is 26.8 Å². The average molecular weight is 382 g/mol. The van der Waals surface area contributed by atoms with Crippen LogP contribution in [0.4, 0.5) is 5.69 Å². The lowest BCUT2D eigenvalue weighted by atomic mass is 9.85. The number of carbonyl (C=O) groups is 1. The summed E-state index contributed by atoms with van der Waals surface area (Å²) in [6, 6.07) is 8.19. The van der Waals surface area contributed by atoms with Crippen molar-refractivity contribution in [2.45, 2.75) is 39.2 Å². The zero-order valence-corrected chi connectivity index (χ0v) is 16.0. The summed E-state index contributed by atoms with van der Waals surface area (Å²) < 4.78 is 1.26. The van der Waals surface area contributed by atoms with E-state index < -0.39 is 11.2 Å². The van der Waals surface area contributed by atoms with Crippen molar-refractivity contribution in [2.75, 3.05) is 5.32 Å². The van der Waals surface area contributed by atoms with Gasteiger partial charge in [0.15, 0.2) is 0 Å². The van der Waals surface area contributed by atoms with Gasteiger partial charge in [0.2, 0.25) is 11.5 Å². The van der Waals surface area contributed by atoms with Crippen LogP contribution in [0.3, 0.4) is 0 Å². The number of aromatic nitrogens is 3. The van der Waals surface area contributed by atoms with E-state index in [1.807, 2.05) is 26.8 Å². The van der Waals surface area contributed by atoms with Gasteiger partial charge in [0.05, 0.1) is 5.52 Å². The standard InChI is InChI=1S/C20H22N4O4/c1-20(2,3)14-11-18(27)22-15-10-12(4-5-13(14)15)21-16(25)6-8-24-9-7-17(26)23-19(24)28/h4-5,7,9-11H,6,8H2,1-3H3,(H,21,25)(H,22,27)(H,23,26,28). The highest BCUT2D eigenvalue weighted by Crippen LogP contribution is 2.29. The average Bonchev–Trinajstić information content (AvgIpc) is 2.59. The van der Waals surface area contributed by atoms with Crippen molar-refractivity contribution in [3.63, 3.8) is 0 Å². The molecule has 28 heavy (non-hydrogen) atoms. The molecule has 0 fully saturated rings. The molecule has 1 aromatic carbocycles. The Bertz CT molecular complexity index is 1210. The van der Waals surface area contributed by atoms with Gasteiger partial charge in [0.25, 0.3) is 5.56 Å². The summed E-state index contributed by atoms with van der Waals surface area (Å²) in [4.78, 5) is 51.9. The van der Waals surface area contributed by atoms with E-state index in [1.54, 1.807) is 18.2 Å². The van der Waals surface area contributed by atoms with Gasteiger partial charge in [-0.15, -0.1) is 0 Å². The Labute approximate surface area is 160 Å². The molecule has 0 atom stereocenters. The normalized spacial score (nSPS) is 11.5. The summed E-state index contributed by atoms with van der Waals surface area (Å²) in [5, 5.41) is 3.69. The van der Waals surface area contributed by atoms with Gasteiger partial charge in [0.1, 0.15) is 0 Å². The predicted octanol–water partition coefficient (Wildman–Crippen LogP) is 1.70. The number of aryl methyl sites for hydroxylation is 1. The molecule has 2 heterocycles. The topological polar surface area (TPSA) is 117 Å². The number of nitrogens with one attached hydrogen (secondary N) is 3. The zero-order chi connectivity index (χ0) is 20.5. The Morgan fingerprint density at radius 3 is 2.46 bits per heavy atom. The zero-order valence-electron chi connectivity index (χ0n) is 16.0. The van der Waals surface area contributed by atoms with Gasteiger partial charge in [-0.05, 0) is 23.1 Å². The Morgan fingerprint density at radius 2 is 1.79 bits per heavy atom. The van der Waals surface area contributed by atoms with Crippen LogP contribution >= 0.6 is 0 Å². The van der Waals surface area contributed by atoms with Crippen molar-refractivity contribution in [2.24, 2.45) is 0 Å². The molecule has 0 aliphatic carbocycles. The first-order chi connectivity index (χ1) is 13.1. The van der Waals surface area contributed by atoms with Crippen molar-refractivity contribution in [1.29, 1.82) is 0 Å². The molecule has 8 heteroatoms. The summed E-state index contributed by atoms with van der Waals surface area (Å²) in [6.45, 7) is 6.25. The van der Waals surface area contributed by atoms with Gasteiger partial charge < -0.3 is 14.9 Å². The third kappa shape index (κ3) is 4.28. The highest BCUT2D eigenvalue weighted by Gasteiger charge is 2.18. The molecule has 0 aliphatic rings. The van der Waals surface area contributed by atoms with Crippen molar-refractivity contribution >= 4 is 22.5 Å². The number of pyridine rings is 1. The largest absolute Gasteiger partial charge is 0.328 e. The monoisotopic (exact) mass is 382 g/mol. The second-order valence-corrected chi connectivity index (χ2v) is 7.66. The van der Waals surface area contributed by atoms with Crippen LogP contribution in [-0.4, -0.2) is 20.4 Å². The van der Waals surface area contributed by atoms with E-state index in [1.165, 1.54) is 16.8 Å². The van der Waals surface area contributed by atoms with Gasteiger partial charge in [-0.3, -0.25) is 19.4 Å². The number of rotatable bonds is 4. The molecular weight excluding hydrogens is 360 g/mol. The molecule has 3 N–H and O–H groups in total. The quantitative estimate of drug-likeness (QED) is 0.637. The lowest BCUT2D eigenvalue weighted by Gasteiger charge is -2.21. The van der Waals surface area contributed by atoms with Gasteiger partial charge >= 0.3 is 5.69 Å². The minimum Gasteiger partial charge on any atom is -0.326 e. The Balaban J connectivity index is 1.79. The number of hydrogen-bond acceptors (Lipinski definition) is 4. The second kappa shape index (κ2) is 7.30. The number of benzene rings is 1. The summed E-state index contributed by atoms with van der Waals surface area (Å²) in [5.41, 5.74) is 0.699. The molecule has 0 saturated carbocycles. The minimum absolute atomic E-state index is 0.0581. The Kier molecular flexibility index (Phi) is 5.04. The second-order valence-electron chi connectivity index (χ2n) is 7.66. The lowest BCUT2D eigenvalue weighted by Crippen LogP contribution is -2.29. The molecule has 8 nitrogen and oxygen atoms in total. The predicted molar refractivity (Wildman–Crippen MR) is 108 cm³/mol. The molecule has 146 valence electrons. The number of nitrogens with zero attached hydrogens (tertiary/aromatic N) is 1. The summed E-state index contributed by atoms with van der Waals surface area (Å²) in [6.07, 6.45) is 1.41. The van der Waals surface area contributed by atoms with Crippen LogP contribution < -0.4 is 22.1 Å². The number of hydrogen-bond donors (Lipinski definition) is 3. The first-order valence-electron chi connectivity index (χ1n) is 8.91. The lowest BCUT2D eigenvalue weighted by molar-refractivity contribution is -0.116. The fraction of sp³-hybridized carbons (Fsp3) is 0.300. The highest BCUT2D eigenvalue weighted by atomic mass is 16.2. The number of fused-ring (bicyclic) bond motifs is 1. The van der Waals surface area contributed by atoms with Crippen molar-refractivity contribution < 1.29 is 4.79 Å².